The van der Waals surface area contributed by atoms with Crippen molar-refractivity contribution < 1.29 is 21.6 Å². The molecule has 7 nitrogen and oxygen atoms in total. The van der Waals surface area contributed by atoms with Crippen molar-refractivity contribution in [1.29, 1.82) is 0 Å². The highest BCUT2D eigenvalue weighted by molar-refractivity contribution is 7.96. The zero-order valence-electron chi connectivity index (χ0n) is 13.2. The van der Waals surface area contributed by atoms with E-state index >= 15 is 0 Å². The molecule has 2 fully saturated rings. The second kappa shape index (κ2) is 6.12. The minimum Gasteiger partial charge on any atom is -0.326 e. The Morgan fingerprint density at radius 3 is 2.29 bits per heavy atom. The lowest BCUT2D eigenvalue weighted by atomic mass is 10.2. The van der Waals surface area contributed by atoms with Crippen LogP contribution >= 0.6 is 0 Å². The van der Waals surface area contributed by atoms with Gasteiger partial charge in [0.1, 0.15) is 0 Å². The third kappa shape index (κ3) is 3.79. The predicted octanol–water partition coefficient (Wildman–Crippen LogP) is 0.336. The van der Waals surface area contributed by atoms with Crippen LogP contribution in [0.25, 0.3) is 0 Å². The molecule has 1 aromatic rings. The third-order valence-electron chi connectivity index (χ3n) is 4.23. The number of sulfone groups is 2. The van der Waals surface area contributed by atoms with Gasteiger partial charge in [-0.3, -0.25) is 4.79 Å². The summed E-state index contributed by atoms with van der Waals surface area (Å²) in [6, 6.07) is 5.47. The lowest BCUT2D eigenvalue weighted by Crippen LogP contribution is -2.44. The van der Waals surface area contributed by atoms with Crippen molar-refractivity contribution in [2.75, 3.05) is 16.8 Å². The van der Waals surface area contributed by atoms with Crippen molar-refractivity contribution in [3.63, 3.8) is 0 Å². The van der Waals surface area contributed by atoms with Crippen LogP contribution in [0, 0.1) is 0 Å². The Bertz CT molecular complexity index is 842. The number of hydrogen-bond acceptors (Lipinski definition) is 6. The van der Waals surface area contributed by atoms with Crippen molar-refractivity contribution in [2.45, 2.75) is 42.0 Å². The van der Waals surface area contributed by atoms with Gasteiger partial charge in [0.05, 0.1) is 21.7 Å². The Morgan fingerprint density at radius 2 is 1.75 bits per heavy atom. The largest absolute Gasteiger partial charge is 0.326 e. The van der Waals surface area contributed by atoms with Crippen molar-refractivity contribution in [3.8, 4) is 0 Å². The fourth-order valence-corrected chi connectivity index (χ4v) is 7.61. The van der Waals surface area contributed by atoms with Gasteiger partial charge in [0.15, 0.2) is 19.7 Å². The van der Waals surface area contributed by atoms with Gasteiger partial charge in [-0.15, -0.1) is 0 Å². The first kappa shape index (κ1) is 17.4. The molecule has 1 amide bonds. The first-order chi connectivity index (χ1) is 11.2. The zero-order valence-corrected chi connectivity index (χ0v) is 14.9. The lowest BCUT2D eigenvalue weighted by molar-refractivity contribution is -0.114. The Morgan fingerprint density at radius 1 is 1.12 bits per heavy atom. The summed E-state index contributed by atoms with van der Waals surface area (Å²) in [6.07, 6.45) is 1.91. The molecule has 0 spiro atoms. The van der Waals surface area contributed by atoms with E-state index in [1.165, 1.54) is 31.2 Å². The van der Waals surface area contributed by atoms with Crippen LogP contribution in [0.2, 0.25) is 0 Å². The summed E-state index contributed by atoms with van der Waals surface area (Å²) in [5.74, 6) is -0.744. The first-order valence-corrected chi connectivity index (χ1v) is 11.1. The third-order valence-corrected chi connectivity index (χ3v) is 8.40. The van der Waals surface area contributed by atoms with Gasteiger partial charge in [0, 0.05) is 24.7 Å². The maximum absolute atomic E-state index is 12.9. The molecule has 9 heteroatoms. The molecule has 0 radical (unpaired) electrons. The first-order valence-electron chi connectivity index (χ1n) is 7.75. The molecule has 3 rings (SSSR count). The van der Waals surface area contributed by atoms with E-state index in [1.54, 1.807) is 0 Å². The van der Waals surface area contributed by atoms with Crippen LogP contribution < -0.4 is 10.6 Å². The summed E-state index contributed by atoms with van der Waals surface area (Å²) in [7, 11) is -7.15. The van der Waals surface area contributed by atoms with Crippen LogP contribution in [0.3, 0.4) is 0 Å². The molecule has 0 bridgehead atoms. The van der Waals surface area contributed by atoms with Gasteiger partial charge < -0.3 is 10.6 Å². The summed E-state index contributed by atoms with van der Waals surface area (Å²) in [4.78, 5) is 11.1. The minimum absolute atomic E-state index is 0.0706. The van der Waals surface area contributed by atoms with Gasteiger partial charge in [-0.05, 0) is 37.1 Å². The summed E-state index contributed by atoms with van der Waals surface area (Å²) in [5, 5.41) is 4.75. The number of carbonyl (C=O) groups excluding carboxylic acids is 1. The monoisotopic (exact) mass is 372 g/mol. The molecular formula is C15H20N2O5S2. The molecule has 132 valence electrons. The Hall–Kier alpha value is -1.45. The van der Waals surface area contributed by atoms with E-state index in [1.807, 2.05) is 0 Å². The van der Waals surface area contributed by atoms with E-state index in [9.17, 15) is 21.6 Å². The number of anilines is 1. The highest BCUT2D eigenvalue weighted by atomic mass is 32.2. The Labute approximate surface area is 141 Å². The number of nitrogens with one attached hydrogen (secondary N) is 2. The Kier molecular flexibility index (Phi) is 4.43. The van der Waals surface area contributed by atoms with Gasteiger partial charge in [-0.2, -0.15) is 0 Å². The SMILES string of the molecule is CC(=O)Nc1ccc(S(=O)(=O)[C@@H]2CS(=O)(=O)C[C@H]2NC2CC2)cc1. The summed E-state index contributed by atoms with van der Waals surface area (Å²) < 4.78 is 49.7. The molecule has 2 aliphatic rings. The molecule has 24 heavy (non-hydrogen) atoms. The van der Waals surface area contributed by atoms with Crippen LogP contribution in [0.5, 0.6) is 0 Å². The second-order valence-electron chi connectivity index (χ2n) is 6.41. The highest BCUT2D eigenvalue weighted by Gasteiger charge is 2.47. The van der Waals surface area contributed by atoms with Crippen molar-refractivity contribution in [3.05, 3.63) is 24.3 Å². The average Bonchev–Trinajstić information content (AvgIpc) is 3.22. The van der Waals surface area contributed by atoms with Crippen LogP contribution in [0.4, 0.5) is 5.69 Å². The molecule has 0 aromatic heterocycles. The maximum Gasteiger partial charge on any atom is 0.221 e. The standard InChI is InChI=1S/C15H20N2O5S2/c1-10(18)16-11-4-6-13(7-5-11)24(21,22)15-9-23(19,20)8-14(15)17-12-2-3-12/h4-7,12,14-15,17H,2-3,8-9H2,1H3,(H,16,18)/t14-,15-/m1/s1. The average molecular weight is 372 g/mol. The number of rotatable bonds is 5. The van der Waals surface area contributed by atoms with Gasteiger partial charge in [0.25, 0.3) is 0 Å². The number of benzene rings is 1. The van der Waals surface area contributed by atoms with Crippen LogP contribution in [-0.4, -0.2) is 51.6 Å². The smallest absolute Gasteiger partial charge is 0.221 e. The fraction of sp³-hybridized carbons (Fsp3) is 0.533. The number of carbonyl (C=O) groups is 1. The zero-order chi connectivity index (χ0) is 17.5. The second-order valence-corrected chi connectivity index (χ2v) is 10.7. The van der Waals surface area contributed by atoms with Gasteiger partial charge in [0.2, 0.25) is 5.91 Å². The van der Waals surface area contributed by atoms with Crippen molar-refractivity contribution >= 4 is 31.3 Å². The Balaban J connectivity index is 1.86. The van der Waals surface area contributed by atoms with Crippen molar-refractivity contribution in [2.24, 2.45) is 0 Å². The van der Waals surface area contributed by atoms with Crippen LogP contribution in [-0.2, 0) is 24.5 Å². The summed E-state index contributed by atoms with van der Waals surface area (Å²) in [5.41, 5.74) is 0.494. The molecule has 1 aliphatic carbocycles. The maximum atomic E-state index is 12.9. The highest BCUT2D eigenvalue weighted by Crippen LogP contribution is 2.29. The van der Waals surface area contributed by atoms with E-state index in [-0.39, 0.29) is 28.4 Å². The number of hydrogen-bond donors (Lipinski definition) is 2. The molecule has 1 saturated carbocycles. The predicted molar refractivity (Wildman–Crippen MR) is 90.3 cm³/mol. The topological polar surface area (TPSA) is 109 Å². The van der Waals surface area contributed by atoms with E-state index in [0.717, 1.165) is 12.8 Å². The van der Waals surface area contributed by atoms with E-state index in [0.29, 0.717) is 5.69 Å². The van der Waals surface area contributed by atoms with E-state index in [4.69, 9.17) is 0 Å². The minimum atomic E-state index is -3.78. The normalized spacial score (nSPS) is 26.2. The summed E-state index contributed by atoms with van der Waals surface area (Å²) in [6.45, 7) is 1.36. The fourth-order valence-electron chi connectivity index (χ4n) is 2.94. The van der Waals surface area contributed by atoms with Gasteiger partial charge >= 0.3 is 0 Å². The van der Waals surface area contributed by atoms with E-state index < -0.39 is 31.0 Å². The molecule has 0 unspecified atom stereocenters. The van der Waals surface area contributed by atoms with Crippen molar-refractivity contribution in [1.82, 2.24) is 5.32 Å². The molecule has 2 atom stereocenters. The molecule has 1 aliphatic heterocycles. The number of amides is 1. The van der Waals surface area contributed by atoms with E-state index in [2.05, 4.69) is 10.6 Å². The molecular weight excluding hydrogens is 352 g/mol. The lowest BCUT2D eigenvalue weighted by Gasteiger charge is -2.20. The molecule has 2 N–H and O–H groups in total. The van der Waals surface area contributed by atoms with Gasteiger partial charge in [-0.25, -0.2) is 16.8 Å². The molecule has 1 saturated heterocycles. The summed E-state index contributed by atoms with van der Waals surface area (Å²) >= 11 is 0. The quantitative estimate of drug-likeness (QED) is 0.771. The van der Waals surface area contributed by atoms with Gasteiger partial charge in [-0.1, -0.05) is 0 Å². The van der Waals surface area contributed by atoms with Crippen LogP contribution in [0.1, 0.15) is 19.8 Å². The molecule has 1 heterocycles. The van der Waals surface area contributed by atoms with Crippen LogP contribution in [0.15, 0.2) is 29.2 Å². The molecule has 1 aromatic carbocycles.